The first kappa shape index (κ1) is 18.5. The van der Waals surface area contributed by atoms with Gasteiger partial charge in [0.2, 0.25) is 0 Å². The molecular weight excluding hydrogens is 464 g/mol. The smallest absolute Gasteiger partial charge is 0.119 e. The Morgan fingerprint density at radius 2 is 1.52 bits per heavy atom. The van der Waals surface area contributed by atoms with Crippen LogP contribution in [0.2, 0.25) is 0 Å². The third-order valence-corrected chi connectivity index (χ3v) is 4.71. The molecule has 0 saturated carbocycles. The van der Waals surface area contributed by atoms with Crippen LogP contribution in [0, 0.1) is 0 Å². The predicted octanol–water partition coefficient (Wildman–Crippen LogP) is 5.94. The molecule has 0 aliphatic rings. The van der Waals surface area contributed by atoms with Gasteiger partial charge in [-0.1, -0.05) is 59.9 Å². The van der Waals surface area contributed by atoms with Gasteiger partial charge in [-0.25, -0.2) is 0 Å². The Hall–Kier alpha value is -0.520. The zero-order valence-electron chi connectivity index (χ0n) is 11.9. The summed E-state index contributed by atoms with van der Waals surface area (Å²) in [4.78, 5) is 0. The summed E-state index contributed by atoms with van der Waals surface area (Å²) in [6.07, 6.45) is 0. The molecule has 5 heteroatoms. The summed E-state index contributed by atoms with van der Waals surface area (Å²) in [5.74, 6) is 1.81. The van der Waals surface area contributed by atoms with Crippen LogP contribution in [-0.2, 0) is 10.7 Å². The molecular formula is C16H17Br3O2. The van der Waals surface area contributed by atoms with Gasteiger partial charge >= 0.3 is 0 Å². The highest BCUT2D eigenvalue weighted by atomic mass is 79.9. The molecule has 0 bridgehead atoms. The summed E-state index contributed by atoms with van der Waals surface area (Å²) in [6.45, 7) is 0. The quantitative estimate of drug-likeness (QED) is 0.504. The van der Waals surface area contributed by atoms with Crippen LogP contribution in [-0.4, -0.2) is 14.2 Å². The Labute approximate surface area is 151 Å². The Morgan fingerprint density at radius 3 is 2.10 bits per heavy atom. The van der Waals surface area contributed by atoms with E-state index in [1.54, 1.807) is 14.2 Å². The van der Waals surface area contributed by atoms with Gasteiger partial charge in [-0.3, -0.25) is 0 Å². The summed E-state index contributed by atoms with van der Waals surface area (Å²) in [6, 6.07) is 13.9. The molecule has 2 aromatic rings. The van der Waals surface area contributed by atoms with Gasteiger partial charge in [0.25, 0.3) is 0 Å². The molecule has 0 radical (unpaired) electrons. The molecule has 0 aliphatic carbocycles. The van der Waals surface area contributed by atoms with E-state index in [1.165, 1.54) is 11.1 Å². The molecule has 0 amide bonds. The van der Waals surface area contributed by atoms with E-state index in [0.29, 0.717) is 0 Å². The third kappa shape index (κ3) is 6.41. The lowest BCUT2D eigenvalue weighted by molar-refractivity contribution is 0.414. The van der Waals surface area contributed by atoms with Gasteiger partial charge in [0.1, 0.15) is 11.5 Å². The lowest BCUT2D eigenvalue weighted by Gasteiger charge is -2.03. The molecule has 0 N–H and O–H groups in total. The fourth-order valence-electron chi connectivity index (χ4n) is 1.54. The van der Waals surface area contributed by atoms with E-state index in [2.05, 4.69) is 53.9 Å². The average Bonchev–Trinajstić information content (AvgIpc) is 2.56. The number of methoxy groups -OCH3 is 2. The molecule has 0 heterocycles. The van der Waals surface area contributed by atoms with E-state index in [0.717, 1.165) is 26.6 Å². The molecule has 2 nitrogen and oxygen atoms in total. The number of alkyl halides is 2. The fourth-order valence-corrected chi connectivity index (χ4v) is 3.11. The van der Waals surface area contributed by atoms with Gasteiger partial charge in [-0.2, -0.15) is 0 Å². The number of halogens is 3. The van der Waals surface area contributed by atoms with Crippen molar-refractivity contribution >= 4 is 47.8 Å². The monoisotopic (exact) mass is 478 g/mol. The first-order chi connectivity index (χ1) is 10.1. The Kier molecular flexibility index (Phi) is 9.04. The topological polar surface area (TPSA) is 18.5 Å². The number of hydrogen-bond donors (Lipinski definition) is 0. The van der Waals surface area contributed by atoms with Crippen molar-refractivity contribution in [1.82, 2.24) is 0 Å². The average molecular weight is 481 g/mol. The van der Waals surface area contributed by atoms with E-state index < -0.39 is 0 Å². The van der Waals surface area contributed by atoms with Crippen molar-refractivity contribution in [2.75, 3.05) is 14.2 Å². The zero-order chi connectivity index (χ0) is 15.7. The maximum atomic E-state index is 5.07. The van der Waals surface area contributed by atoms with Gasteiger partial charge in [0.15, 0.2) is 0 Å². The van der Waals surface area contributed by atoms with Crippen molar-refractivity contribution in [3.63, 3.8) is 0 Å². The molecule has 0 atom stereocenters. The van der Waals surface area contributed by atoms with Crippen molar-refractivity contribution in [2.24, 2.45) is 0 Å². The molecule has 21 heavy (non-hydrogen) atoms. The lowest BCUT2D eigenvalue weighted by Crippen LogP contribution is -1.85. The van der Waals surface area contributed by atoms with Crippen molar-refractivity contribution < 1.29 is 9.47 Å². The second-order valence-electron chi connectivity index (χ2n) is 4.08. The maximum Gasteiger partial charge on any atom is 0.119 e. The molecule has 0 aliphatic heterocycles. The number of hydrogen-bond acceptors (Lipinski definition) is 2. The highest BCUT2D eigenvalue weighted by molar-refractivity contribution is 9.10. The maximum absolute atomic E-state index is 5.07. The predicted molar refractivity (Wildman–Crippen MR) is 99.0 cm³/mol. The van der Waals surface area contributed by atoms with Gasteiger partial charge < -0.3 is 9.47 Å². The summed E-state index contributed by atoms with van der Waals surface area (Å²) < 4.78 is 11.2. The Morgan fingerprint density at radius 1 is 0.857 bits per heavy atom. The number of rotatable bonds is 4. The van der Waals surface area contributed by atoms with E-state index in [9.17, 15) is 0 Å². The number of ether oxygens (including phenoxy) is 2. The van der Waals surface area contributed by atoms with Gasteiger partial charge in [-0.05, 0) is 41.5 Å². The van der Waals surface area contributed by atoms with Crippen LogP contribution in [0.4, 0.5) is 0 Å². The molecule has 0 spiro atoms. The summed E-state index contributed by atoms with van der Waals surface area (Å²) in [7, 11) is 3.34. The molecule has 2 rings (SSSR count). The van der Waals surface area contributed by atoms with Crippen molar-refractivity contribution in [3.8, 4) is 11.5 Å². The first-order valence-corrected chi connectivity index (χ1v) is 9.25. The first-order valence-electron chi connectivity index (χ1n) is 6.21. The number of benzene rings is 2. The van der Waals surface area contributed by atoms with Crippen LogP contribution in [0.25, 0.3) is 0 Å². The van der Waals surface area contributed by atoms with Crippen LogP contribution in [0.15, 0.2) is 46.9 Å². The minimum atomic E-state index is 0.838. The van der Waals surface area contributed by atoms with E-state index in [4.69, 9.17) is 9.47 Å². The van der Waals surface area contributed by atoms with Crippen molar-refractivity contribution in [2.45, 2.75) is 10.7 Å². The van der Waals surface area contributed by atoms with Crippen LogP contribution in [0.3, 0.4) is 0 Å². The minimum absolute atomic E-state index is 0.838. The van der Waals surface area contributed by atoms with Crippen molar-refractivity contribution in [1.29, 1.82) is 0 Å². The highest BCUT2D eigenvalue weighted by Crippen LogP contribution is 2.24. The molecule has 114 valence electrons. The summed E-state index contributed by atoms with van der Waals surface area (Å²) in [5, 5.41) is 1.72. The lowest BCUT2D eigenvalue weighted by atomic mass is 10.2. The minimum Gasteiger partial charge on any atom is -0.497 e. The SMILES string of the molecule is COc1ccc(Br)c(CBr)c1.COc1cccc(CBr)c1. The van der Waals surface area contributed by atoms with E-state index in [-0.39, 0.29) is 0 Å². The third-order valence-electron chi connectivity index (χ3n) is 2.69. The second-order valence-corrected chi connectivity index (χ2v) is 6.05. The normalized spacial score (nSPS) is 9.57. The molecule has 0 aromatic heterocycles. The largest absolute Gasteiger partial charge is 0.497 e. The van der Waals surface area contributed by atoms with Crippen LogP contribution in [0.5, 0.6) is 11.5 Å². The van der Waals surface area contributed by atoms with Gasteiger partial charge in [0, 0.05) is 15.1 Å². The fraction of sp³-hybridized carbons (Fsp3) is 0.250. The summed E-state index contributed by atoms with van der Waals surface area (Å²) in [5.41, 5.74) is 2.43. The molecule has 0 fully saturated rings. The van der Waals surface area contributed by atoms with Crippen LogP contribution < -0.4 is 9.47 Å². The van der Waals surface area contributed by atoms with Gasteiger partial charge in [0.05, 0.1) is 14.2 Å². The zero-order valence-corrected chi connectivity index (χ0v) is 16.7. The van der Waals surface area contributed by atoms with E-state index in [1.807, 2.05) is 36.4 Å². The van der Waals surface area contributed by atoms with Crippen molar-refractivity contribution in [3.05, 3.63) is 58.1 Å². The van der Waals surface area contributed by atoms with Crippen LogP contribution >= 0.6 is 47.8 Å². The Balaban J connectivity index is 0.000000211. The summed E-state index contributed by atoms with van der Waals surface area (Å²) >= 11 is 10.2. The standard InChI is InChI=1S/C8H8Br2O.C8H9BrO/c1-11-7-2-3-8(10)6(4-7)5-9;1-10-8-4-2-3-7(5-8)6-9/h2-4H,5H2,1H3;2-5H,6H2,1H3. The van der Waals surface area contributed by atoms with Crippen LogP contribution in [0.1, 0.15) is 11.1 Å². The molecule has 2 aromatic carbocycles. The molecule has 0 unspecified atom stereocenters. The molecule has 0 saturated heterocycles. The van der Waals surface area contributed by atoms with E-state index >= 15 is 0 Å². The highest BCUT2D eigenvalue weighted by Gasteiger charge is 1.99. The van der Waals surface area contributed by atoms with Gasteiger partial charge in [-0.15, -0.1) is 0 Å². The second kappa shape index (κ2) is 10.2. The Bertz CT molecular complexity index is 540.